The number of unbranched alkanes of at least 4 members (excludes halogenated alkanes) is 1. The lowest BCUT2D eigenvalue weighted by molar-refractivity contribution is 0.341. The van der Waals surface area contributed by atoms with Gasteiger partial charge < -0.3 is 0 Å². The first-order valence-electron chi connectivity index (χ1n) is 6.19. The molecule has 0 aliphatic heterocycles. The van der Waals surface area contributed by atoms with Gasteiger partial charge in [0.25, 0.3) is 0 Å². The Morgan fingerprint density at radius 3 is 2.36 bits per heavy atom. The molecule has 1 fully saturated rings. The van der Waals surface area contributed by atoms with Gasteiger partial charge in [-0.15, -0.1) is 6.58 Å². The molecule has 0 heterocycles. The van der Waals surface area contributed by atoms with E-state index >= 15 is 0 Å². The first-order valence-corrected chi connectivity index (χ1v) is 6.19. The lowest BCUT2D eigenvalue weighted by Gasteiger charge is -2.20. The van der Waals surface area contributed by atoms with Gasteiger partial charge >= 0.3 is 0 Å². The summed E-state index contributed by atoms with van der Waals surface area (Å²) in [5.74, 6) is 1.04. The van der Waals surface area contributed by atoms with Crippen LogP contribution in [0.3, 0.4) is 0 Å². The molecule has 0 N–H and O–H groups in total. The Kier molecular flexibility index (Phi) is 6.47. The molecule has 0 aromatic rings. The van der Waals surface area contributed by atoms with Crippen LogP contribution in [0, 0.1) is 5.92 Å². The molecule has 0 bridgehead atoms. The quantitative estimate of drug-likeness (QED) is 0.416. The lowest BCUT2D eigenvalue weighted by Crippen LogP contribution is -2.05. The number of allylic oxidation sites excluding steroid dienone is 3. The predicted molar refractivity (Wildman–Crippen MR) is 64.4 cm³/mol. The molecule has 14 heavy (non-hydrogen) atoms. The molecule has 0 spiro atoms. The van der Waals surface area contributed by atoms with E-state index in [4.69, 9.17) is 0 Å². The van der Waals surface area contributed by atoms with Crippen molar-refractivity contribution in [1.82, 2.24) is 0 Å². The topological polar surface area (TPSA) is 0 Å². The minimum absolute atomic E-state index is 1.04. The van der Waals surface area contributed by atoms with Crippen molar-refractivity contribution in [2.45, 2.75) is 57.8 Å². The molecule has 0 heteroatoms. The summed E-state index contributed by atoms with van der Waals surface area (Å²) in [6, 6.07) is 0. The fraction of sp³-hybridized carbons (Fsp3) is 0.714. The summed E-state index contributed by atoms with van der Waals surface area (Å²) in [4.78, 5) is 0. The number of rotatable bonds is 6. The molecular weight excluding hydrogens is 168 g/mol. The predicted octanol–water partition coefficient (Wildman–Crippen LogP) is 4.87. The smallest absolute Gasteiger partial charge is 0.0316 e. The standard InChI is InChI=1S/C14H24/c1-2-3-4-5-6-8-11-14-12-9-7-10-13-14/h2,5-6,14H,1,3-4,7-13H2/b6-5+. The third-order valence-corrected chi connectivity index (χ3v) is 3.17. The molecule has 0 aromatic carbocycles. The summed E-state index contributed by atoms with van der Waals surface area (Å²) < 4.78 is 0. The van der Waals surface area contributed by atoms with Gasteiger partial charge in [-0.25, -0.2) is 0 Å². The van der Waals surface area contributed by atoms with Crippen LogP contribution in [0.4, 0.5) is 0 Å². The van der Waals surface area contributed by atoms with Crippen molar-refractivity contribution in [3.05, 3.63) is 24.8 Å². The first kappa shape index (κ1) is 11.6. The van der Waals surface area contributed by atoms with Gasteiger partial charge in [-0.3, -0.25) is 0 Å². The Morgan fingerprint density at radius 1 is 0.929 bits per heavy atom. The van der Waals surface area contributed by atoms with E-state index < -0.39 is 0 Å². The van der Waals surface area contributed by atoms with E-state index in [1.807, 2.05) is 6.08 Å². The highest BCUT2D eigenvalue weighted by molar-refractivity contribution is 4.85. The molecule has 0 aromatic heterocycles. The summed E-state index contributed by atoms with van der Waals surface area (Å²) in [7, 11) is 0. The molecule has 0 unspecified atom stereocenters. The second kappa shape index (κ2) is 7.84. The fourth-order valence-corrected chi connectivity index (χ4v) is 2.26. The maximum atomic E-state index is 3.72. The number of hydrogen-bond donors (Lipinski definition) is 0. The van der Waals surface area contributed by atoms with Gasteiger partial charge in [-0.2, -0.15) is 0 Å². The molecule has 80 valence electrons. The van der Waals surface area contributed by atoms with E-state index in [1.165, 1.54) is 51.4 Å². The molecule has 1 rings (SSSR count). The van der Waals surface area contributed by atoms with Gasteiger partial charge in [-0.1, -0.05) is 50.3 Å². The van der Waals surface area contributed by atoms with Crippen LogP contribution in [0.15, 0.2) is 24.8 Å². The van der Waals surface area contributed by atoms with E-state index in [1.54, 1.807) is 0 Å². The second-order valence-electron chi connectivity index (χ2n) is 4.42. The molecule has 1 saturated carbocycles. The van der Waals surface area contributed by atoms with Crippen molar-refractivity contribution in [2.75, 3.05) is 0 Å². The Morgan fingerprint density at radius 2 is 1.64 bits per heavy atom. The average molecular weight is 192 g/mol. The fourth-order valence-electron chi connectivity index (χ4n) is 2.26. The van der Waals surface area contributed by atoms with Gasteiger partial charge in [0, 0.05) is 0 Å². The summed E-state index contributed by atoms with van der Waals surface area (Å²) in [5.41, 5.74) is 0. The monoisotopic (exact) mass is 192 g/mol. The Hall–Kier alpha value is -0.520. The molecule has 0 amide bonds. The summed E-state index contributed by atoms with van der Waals surface area (Å²) in [6.07, 6.45) is 19.1. The summed E-state index contributed by atoms with van der Waals surface area (Å²) in [6.45, 7) is 3.72. The van der Waals surface area contributed by atoms with Crippen LogP contribution in [0.5, 0.6) is 0 Å². The second-order valence-corrected chi connectivity index (χ2v) is 4.42. The van der Waals surface area contributed by atoms with Gasteiger partial charge in [0.2, 0.25) is 0 Å². The third-order valence-electron chi connectivity index (χ3n) is 3.17. The summed E-state index contributed by atoms with van der Waals surface area (Å²) >= 11 is 0. The Bertz CT molecular complexity index is 161. The highest BCUT2D eigenvalue weighted by Crippen LogP contribution is 2.27. The molecular formula is C14H24. The molecule has 1 aliphatic carbocycles. The minimum atomic E-state index is 1.04. The lowest BCUT2D eigenvalue weighted by atomic mass is 9.86. The Balaban J connectivity index is 1.96. The number of hydrogen-bond acceptors (Lipinski definition) is 0. The van der Waals surface area contributed by atoms with E-state index in [2.05, 4.69) is 18.7 Å². The van der Waals surface area contributed by atoms with Crippen LogP contribution in [0.1, 0.15) is 57.8 Å². The van der Waals surface area contributed by atoms with Crippen LogP contribution in [-0.4, -0.2) is 0 Å². The zero-order valence-corrected chi connectivity index (χ0v) is 9.38. The van der Waals surface area contributed by atoms with Crippen molar-refractivity contribution >= 4 is 0 Å². The maximum absolute atomic E-state index is 3.72. The van der Waals surface area contributed by atoms with Crippen LogP contribution in [-0.2, 0) is 0 Å². The maximum Gasteiger partial charge on any atom is -0.0316 e. The van der Waals surface area contributed by atoms with E-state index in [9.17, 15) is 0 Å². The van der Waals surface area contributed by atoms with Crippen molar-refractivity contribution in [3.63, 3.8) is 0 Å². The van der Waals surface area contributed by atoms with Crippen molar-refractivity contribution in [2.24, 2.45) is 5.92 Å². The van der Waals surface area contributed by atoms with Crippen LogP contribution in [0.25, 0.3) is 0 Å². The van der Waals surface area contributed by atoms with Crippen LogP contribution >= 0.6 is 0 Å². The molecule has 1 aliphatic rings. The first-order chi connectivity index (χ1) is 6.93. The van der Waals surface area contributed by atoms with Gasteiger partial charge in [0.15, 0.2) is 0 Å². The van der Waals surface area contributed by atoms with Crippen molar-refractivity contribution in [1.29, 1.82) is 0 Å². The highest BCUT2D eigenvalue weighted by atomic mass is 14.2. The van der Waals surface area contributed by atoms with E-state index in [0.29, 0.717) is 0 Å². The zero-order valence-electron chi connectivity index (χ0n) is 9.38. The minimum Gasteiger partial charge on any atom is -0.103 e. The van der Waals surface area contributed by atoms with E-state index in [-0.39, 0.29) is 0 Å². The SMILES string of the molecule is C=CCC/C=C/CCC1CCCCC1. The largest absolute Gasteiger partial charge is 0.103 e. The third kappa shape index (κ3) is 5.26. The van der Waals surface area contributed by atoms with E-state index in [0.717, 1.165) is 12.3 Å². The average Bonchev–Trinajstić information content (AvgIpc) is 2.25. The molecule has 0 radical (unpaired) electrons. The summed E-state index contributed by atoms with van der Waals surface area (Å²) in [5, 5.41) is 0. The zero-order chi connectivity index (χ0) is 10.1. The molecule has 0 nitrogen and oxygen atoms in total. The normalized spacial score (nSPS) is 18.9. The van der Waals surface area contributed by atoms with Gasteiger partial charge in [0.05, 0.1) is 0 Å². The van der Waals surface area contributed by atoms with Crippen molar-refractivity contribution < 1.29 is 0 Å². The van der Waals surface area contributed by atoms with Gasteiger partial charge in [-0.05, 0) is 31.6 Å². The highest BCUT2D eigenvalue weighted by Gasteiger charge is 2.11. The van der Waals surface area contributed by atoms with Crippen molar-refractivity contribution in [3.8, 4) is 0 Å². The molecule has 0 atom stereocenters. The van der Waals surface area contributed by atoms with Crippen LogP contribution in [0.2, 0.25) is 0 Å². The van der Waals surface area contributed by atoms with Crippen LogP contribution < -0.4 is 0 Å². The molecule has 0 saturated heterocycles. The van der Waals surface area contributed by atoms with Gasteiger partial charge in [0.1, 0.15) is 0 Å². The Labute approximate surface area is 89.1 Å².